The molecule has 3 amide bonds. The fraction of sp³-hybridized carbons (Fsp3) is 0.500. The molecule has 6 rings (SSSR count). The quantitative estimate of drug-likeness (QED) is 0.273. The number of ether oxygens (including phenoxy) is 2. The van der Waals surface area contributed by atoms with Crippen LogP contribution in [0.5, 0.6) is 11.6 Å². The first-order chi connectivity index (χ1) is 24.5. The van der Waals surface area contributed by atoms with Gasteiger partial charge in [-0.3, -0.25) is 14.5 Å². The maximum atomic E-state index is 14.3. The number of anilines is 1. The van der Waals surface area contributed by atoms with Gasteiger partial charge < -0.3 is 24.2 Å². The summed E-state index contributed by atoms with van der Waals surface area (Å²) in [6, 6.07) is 11.4. The van der Waals surface area contributed by atoms with Gasteiger partial charge in [0.2, 0.25) is 12.3 Å². The van der Waals surface area contributed by atoms with Gasteiger partial charge in [0, 0.05) is 50.7 Å². The Morgan fingerprint density at radius 3 is 2.43 bits per heavy atom. The number of rotatable bonds is 10. The Labute approximate surface area is 294 Å². The van der Waals surface area contributed by atoms with E-state index >= 15 is 0 Å². The second kappa shape index (κ2) is 15.1. The molecule has 2 atom stereocenters. The molecular weight excluding hydrogens is 667 g/mol. The summed E-state index contributed by atoms with van der Waals surface area (Å²) in [5.41, 5.74) is 0.644. The van der Waals surface area contributed by atoms with Gasteiger partial charge in [-0.25, -0.2) is 22.9 Å². The zero-order chi connectivity index (χ0) is 36.3. The number of benzene rings is 2. The molecular formula is C36H42F3N7O5. The summed E-state index contributed by atoms with van der Waals surface area (Å²) in [4.78, 5) is 50.8. The third-order valence-corrected chi connectivity index (χ3v) is 10.1. The lowest BCUT2D eigenvalue weighted by atomic mass is 9.72. The predicted molar refractivity (Wildman–Crippen MR) is 180 cm³/mol. The highest BCUT2D eigenvalue weighted by Gasteiger charge is 2.51. The van der Waals surface area contributed by atoms with E-state index in [4.69, 9.17) is 9.47 Å². The number of piperidine rings is 1. The molecule has 0 unspecified atom stereocenters. The maximum absolute atomic E-state index is 14.3. The van der Waals surface area contributed by atoms with Crippen molar-refractivity contribution in [2.24, 2.45) is 11.3 Å². The minimum Gasteiger partial charge on any atom is -0.445 e. The van der Waals surface area contributed by atoms with Crippen LogP contribution >= 0.6 is 0 Å². The Balaban J connectivity index is 1.09. The average Bonchev–Trinajstić information content (AvgIpc) is 3.57. The number of hydrogen-bond donors (Lipinski definition) is 0. The minimum absolute atomic E-state index is 0.0147. The Hall–Kier alpha value is -4.95. The Kier molecular flexibility index (Phi) is 10.6. The van der Waals surface area contributed by atoms with Gasteiger partial charge in [0.1, 0.15) is 30.5 Å². The largest absolute Gasteiger partial charge is 0.445 e. The van der Waals surface area contributed by atoms with Gasteiger partial charge in [0.15, 0.2) is 5.82 Å². The van der Waals surface area contributed by atoms with Crippen LogP contribution in [0, 0.1) is 17.2 Å². The van der Waals surface area contributed by atoms with Crippen molar-refractivity contribution in [2.75, 3.05) is 44.2 Å². The first-order valence-corrected chi connectivity index (χ1v) is 17.3. The van der Waals surface area contributed by atoms with E-state index in [0.29, 0.717) is 51.4 Å². The van der Waals surface area contributed by atoms with E-state index in [9.17, 15) is 27.6 Å². The molecule has 2 aromatic carbocycles. The van der Waals surface area contributed by atoms with Crippen LogP contribution in [0.2, 0.25) is 0 Å². The Morgan fingerprint density at radius 2 is 1.76 bits per heavy atom. The van der Waals surface area contributed by atoms with Crippen LogP contribution in [-0.2, 0) is 16.1 Å². The van der Waals surface area contributed by atoms with Crippen molar-refractivity contribution in [1.82, 2.24) is 29.9 Å². The standard InChI is InChI=1S/C36H42F3N7O5/c1-4-45(23(2)3)33(47)27-18-25(37)10-11-28(27)51-32-31(40-22-41-42-32)44-20-36(21-44)13-16-43(17-14-36)34(48)29-26(30(38)39)12-15-46(29)35(49)50-19-24-8-6-5-7-9-24/h5-11,18,22-23,26,29-30H,4,12-17,19-21H2,1-3H3/t26-,29-/m1/s1. The second-order valence-corrected chi connectivity index (χ2v) is 13.7. The van der Waals surface area contributed by atoms with Crippen molar-refractivity contribution in [3.8, 4) is 11.6 Å². The van der Waals surface area contributed by atoms with Gasteiger partial charge in [0.05, 0.1) is 11.5 Å². The summed E-state index contributed by atoms with van der Waals surface area (Å²) in [7, 11) is 0. The van der Waals surface area contributed by atoms with Gasteiger partial charge in [-0.2, -0.15) is 0 Å². The zero-order valence-electron chi connectivity index (χ0n) is 28.9. The summed E-state index contributed by atoms with van der Waals surface area (Å²) >= 11 is 0. The highest BCUT2D eigenvalue weighted by Crippen LogP contribution is 2.45. The molecule has 0 bridgehead atoms. The fourth-order valence-corrected chi connectivity index (χ4v) is 7.32. The maximum Gasteiger partial charge on any atom is 0.410 e. The zero-order valence-corrected chi connectivity index (χ0v) is 28.9. The topological polar surface area (TPSA) is 121 Å². The molecule has 3 aliphatic rings. The van der Waals surface area contributed by atoms with Crippen LogP contribution in [0.25, 0.3) is 0 Å². The summed E-state index contributed by atoms with van der Waals surface area (Å²) < 4.78 is 54.0. The summed E-state index contributed by atoms with van der Waals surface area (Å²) in [6.07, 6.45) is -0.994. The molecule has 272 valence electrons. The van der Waals surface area contributed by atoms with E-state index in [1.165, 1.54) is 18.5 Å². The van der Waals surface area contributed by atoms with Crippen LogP contribution in [0.4, 0.5) is 23.8 Å². The molecule has 12 nitrogen and oxygen atoms in total. The fourth-order valence-electron chi connectivity index (χ4n) is 7.32. The summed E-state index contributed by atoms with van der Waals surface area (Å²) in [5.74, 6) is -2.12. The molecule has 0 N–H and O–H groups in total. The number of aromatic nitrogens is 3. The number of nitrogens with zero attached hydrogens (tertiary/aromatic N) is 7. The Morgan fingerprint density at radius 1 is 1.04 bits per heavy atom. The number of likely N-dealkylation sites (tertiary alicyclic amines) is 2. The number of carbonyl (C=O) groups is 3. The third-order valence-electron chi connectivity index (χ3n) is 10.1. The number of halogens is 3. The van der Waals surface area contributed by atoms with Crippen molar-refractivity contribution >= 4 is 23.7 Å². The highest BCUT2D eigenvalue weighted by atomic mass is 19.3. The lowest BCUT2D eigenvalue weighted by Gasteiger charge is -2.54. The smallest absolute Gasteiger partial charge is 0.410 e. The lowest BCUT2D eigenvalue weighted by molar-refractivity contribution is -0.141. The van der Waals surface area contributed by atoms with Crippen LogP contribution < -0.4 is 9.64 Å². The molecule has 4 heterocycles. The van der Waals surface area contributed by atoms with Crippen molar-refractivity contribution < 1.29 is 37.0 Å². The van der Waals surface area contributed by atoms with Gasteiger partial charge >= 0.3 is 6.09 Å². The van der Waals surface area contributed by atoms with Gasteiger partial charge in [-0.15, -0.1) is 10.2 Å². The van der Waals surface area contributed by atoms with E-state index < -0.39 is 36.2 Å². The van der Waals surface area contributed by atoms with Crippen LogP contribution in [0.15, 0.2) is 54.9 Å². The third kappa shape index (κ3) is 7.57. The van der Waals surface area contributed by atoms with E-state index in [1.807, 2.05) is 31.7 Å². The average molecular weight is 710 g/mol. The van der Waals surface area contributed by atoms with E-state index in [2.05, 4.69) is 15.2 Å². The molecule has 0 radical (unpaired) electrons. The molecule has 0 aliphatic carbocycles. The second-order valence-electron chi connectivity index (χ2n) is 13.7. The van der Waals surface area contributed by atoms with Crippen LogP contribution in [0.1, 0.15) is 56.0 Å². The molecule has 3 fully saturated rings. The normalized spacial score (nSPS) is 19.7. The minimum atomic E-state index is -2.76. The molecule has 51 heavy (non-hydrogen) atoms. The first-order valence-electron chi connectivity index (χ1n) is 17.3. The molecule has 1 spiro atoms. The van der Waals surface area contributed by atoms with Crippen LogP contribution in [0.3, 0.4) is 0 Å². The first kappa shape index (κ1) is 35.9. The lowest BCUT2D eigenvalue weighted by Crippen LogP contribution is -2.62. The van der Waals surface area contributed by atoms with Crippen LogP contribution in [-0.4, -0.2) is 106 Å². The summed E-state index contributed by atoms with van der Waals surface area (Å²) in [5, 5.41) is 8.01. The van der Waals surface area contributed by atoms with Crippen molar-refractivity contribution in [1.29, 1.82) is 0 Å². The molecule has 15 heteroatoms. The monoisotopic (exact) mass is 709 g/mol. The van der Waals surface area contributed by atoms with E-state index in [0.717, 1.165) is 16.5 Å². The number of alkyl halides is 2. The van der Waals surface area contributed by atoms with E-state index in [1.54, 1.807) is 34.1 Å². The highest BCUT2D eigenvalue weighted by molar-refractivity contribution is 5.97. The molecule has 3 aromatic rings. The van der Waals surface area contributed by atoms with Crippen molar-refractivity contribution in [2.45, 2.75) is 65.1 Å². The van der Waals surface area contributed by atoms with Gasteiger partial charge in [-0.05, 0) is 63.8 Å². The van der Waals surface area contributed by atoms with E-state index in [-0.39, 0.29) is 54.1 Å². The molecule has 3 aliphatic heterocycles. The SMILES string of the molecule is CCN(C(=O)c1cc(F)ccc1Oc1nncnc1N1CC2(CCN(C(=O)[C@H]3[C@H](C(F)F)CCN3C(=O)OCc3ccccc3)CC2)C1)C(C)C. The Bertz CT molecular complexity index is 1720. The number of amides is 3. The number of hydrogen-bond acceptors (Lipinski definition) is 9. The predicted octanol–water partition coefficient (Wildman–Crippen LogP) is 5.39. The molecule has 3 saturated heterocycles. The molecule has 0 saturated carbocycles. The van der Waals surface area contributed by atoms with Gasteiger partial charge in [0.25, 0.3) is 11.8 Å². The summed E-state index contributed by atoms with van der Waals surface area (Å²) in [6.45, 7) is 7.85. The van der Waals surface area contributed by atoms with Crippen molar-refractivity contribution in [3.63, 3.8) is 0 Å². The van der Waals surface area contributed by atoms with Gasteiger partial charge in [-0.1, -0.05) is 30.3 Å². The number of carbonyl (C=O) groups excluding carboxylic acids is 3. The molecule has 1 aromatic heterocycles. The van der Waals surface area contributed by atoms with Crippen molar-refractivity contribution in [3.05, 3.63) is 71.8 Å².